The quantitative estimate of drug-likeness (QED) is 0.729. The molecule has 1 aromatic heterocycles. The molecule has 0 spiro atoms. The van der Waals surface area contributed by atoms with Crippen molar-refractivity contribution in [2.75, 3.05) is 18.0 Å². The van der Waals surface area contributed by atoms with Crippen molar-refractivity contribution in [1.29, 1.82) is 0 Å². The highest BCUT2D eigenvalue weighted by Crippen LogP contribution is 2.22. The first-order chi connectivity index (χ1) is 7.72. The average molecular weight is 219 g/mol. The van der Waals surface area contributed by atoms with Crippen molar-refractivity contribution in [2.45, 2.75) is 32.6 Å². The van der Waals surface area contributed by atoms with Crippen LogP contribution in [-0.2, 0) is 0 Å². The maximum absolute atomic E-state index is 11.0. The third-order valence-corrected chi connectivity index (χ3v) is 2.86. The van der Waals surface area contributed by atoms with Crippen molar-refractivity contribution in [3.63, 3.8) is 0 Å². The summed E-state index contributed by atoms with van der Waals surface area (Å²) in [4.78, 5) is 21.9. The van der Waals surface area contributed by atoms with Crippen molar-refractivity contribution in [3.8, 4) is 0 Å². The lowest BCUT2D eigenvalue weighted by Crippen LogP contribution is -2.21. The lowest BCUT2D eigenvalue weighted by molar-refractivity contribution is 0.112. The van der Waals surface area contributed by atoms with Crippen molar-refractivity contribution in [1.82, 2.24) is 9.97 Å². The summed E-state index contributed by atoms with van der Waals surface area (Å²) < 4.78 is 0. The Morgan fingerprint density at radius 3 is 2.62 bits per heavy atom. The smallest absolute Gasteiger partial charge is 0.155 e. The van der Waals surface area contributed by atoms with E-state index in [1.165, 1.54) is 12.8 Å². The summed E-state index contributed by atoms with van der Waals surface area (Å²) in [5.74, 6) is 1.92. The van der Waals surface area contributed by atoms with Crippen LogP contribution in [0.2, 0.25) is 0 Å². The van der Waals surface area contributed by atoms with Gasteiger partial charge in [-0.25, -0.2) is 9.97 Å². The molecule has 1 aromatic rings. The summed E-state index contributed by atoms with van der Waals surface area (Å²) in [6.45, 7) is 6.11. The van der Waals surface area contributed by atoms with Crippen LogP contribution in [0.3, 0.4) is 0 Å². The van der Waals surface area contributed by atoms with Crippen LogP contribution in [0.25, 0.3) is 0 Å². The Morgan fingerprint density at radius 2 is 2.06 bits per heavy atom. The van der Waals surface area contributed by atoms with Crippen LogP contribution in [0.4, 0.5) is 5.82 Å². The van der Waals surface area contributed by atoms with Gasteiger partial charge in [-0.3, -0.25) is 4.79 Å². The molecule has 1 fully saturated rings. The first-order valence-electron chi connectivity index (χ1n) is 5.79. The normalized spacial score (nSPS) is 15.8. The predicted molar refractivity (Wildman–Crippen MR) is 63.0 cm³/mol. The maximum atomic E-state index is 11.0. The molecule has 86 valence electrons. The molecule has 16 heavy (non-hydrogen) atoms. The van der Waals surface area contributed by atoms with Crippen LogP contribution in [0.5, 0.6) is 0 Å². The van der Waals surface area contributed by atoms with E-state index in [2.05, 4.69) is 28.7 Å². The van der Waals surface area contributed by atoms with Gasteiger partial charge in [0.1, 0.15) is 11.6 Å². The number of nitrogens with zero attached hydrogens (tertiary/aromatic N) is 3. The minimum absolute atomic E-state index is 0.294. The van der Waals surface area contributed by atoms with Crippen molar-refractivity contribution in [3.05, 3.63) is 17.6 Å². The second-order valence-corrected chi connectivity index (χ2v) is 4.47. The van der Waals surface area contributed by atoms with Gasteiger partial charge in [0.25, 0.3) is 0 Å². The van der Waals surface area contributed by atoms with Crippen LogP contribution in [0.1, 0.15) is 48.8 Å². The van der Waals surface area contributed by atoms with Gasteiger partial charge in [0.15, 0.2) is 6.29 Å². The summed E-state index contributed by atoms with van der Waals surface area (Å²) in [7, 11) is 0. The van der Waals surface area contributed by atoms with Crippen molar-refractivity contribution in [2.24, 2.45) is 0 Å². The largest absolute Gasteiger partial charge is 0.356 e. The Hall–Kier alpha value is -1.45. The van der Waals surface area contributed by atoms with Gasteiger partial charge in [-0.1, -0.05) is 13.8 Å². The minimum atomic E-state index is 0.294. The fourth-order valence-electron chi connectivity index (χ4n) is 1.94. The Balaban J connectivity index is 2.38. The molecule has 0 aromatic carbocycles. The summed E-state index contributed by atoms with van der Waals surface area (Å²) in [6.07, 6.45) is 4.85. The highest BCUT2D eigenvalue weighted by Gasteiger charge is 2.18. The number of carbonyl (C=O) groups excluding carboxylic acids is 1. The van der Waals surface area contributed by atoms with E-state index in [4.69, 9.17) is 0 Å². The zero-order chi connectivity index (χ0) is 11.5. The zero-order valence-corrected chi connectivity index (χ0v) is 9.81. The van der Waals surface area contributed by atoms with E-state index in [0.717, 1.165) is 31.0 Å². The molecule has 0 unspecified atom stereocenters. The molecule has 0 atom stereocenters. The van der Waals surface area contributed by atoms with Gasteiger partial charge in [0.05, 0.1) is 5.56 Å². The predicted octanol–water partition coefficient (Wildman–Crippen LogP) is 2.01. The van der Waals surface area contributed by atoms with Gasteiger partial charge >= 0.3 is 0 Å². The van der Waals surface area contributed by atoms with Crippen molar-refractivity contribution < 1.29 is 4.79 Å². The Labute approximate surface area is 95.7 Å². The SMILES string of the molecule is CC(C)c1ncc(C=O)c(N2CCCC2)n1. The van der Waals surface area contributed by atoms with E-state index in [1.54, 1.807) is 6.20 Å². The standard InChI is InChI=1S/C12H17N3O/c1-9(2)11-13-7-10(8-16)12(14-11)15-5-3-4-6-15/h7-9H,3-6H2,1-2H3. The summed E-state index contributed by atoms with van der Waals surface area (Å²) in [5, 5.41) is 0. The molecule has 0 radical (unpaired) electrons. The van der Waals surface area contributed by atoms with E-state index >= 15 is 0 Å². The third kappa shape index (κ3) is 2.05. The molecule has 0 aliphatic carbocycles. The molecular weight excluding hydrogens is 202 g/mol. The van der Waals surface area contributed by atoms with E-state index < -0.39 is 0 Å². The van der Waals surface area contributed by atoms with Crippen LogP contribution in [-0.4, -0.2) is 29.3 Å². The maximum Gasteiger partial charge on any atom is 0.155 e. The van der Waals surface area contributed by atoms with Gasteiger partial charge in [0, 0.05) is 25.2 Å². The average Bonchev–Trinajstić information content (AvgIpc) is 2.81. The number of rotatable bonds is 3. The highest BCUT2D eigenvalue weighted by atomic mass is 16.1. The molecular formula is C12H17N3O. The monoisotopic (exact) mass is 219 g/mol. The Bertz CT molecular complexity index is 384. The summed E-state index contributed by atoms with van der Waals surface area (Å²) in [5.41, 5.74) is 0.603. The molecule has 0 bridgehead atoms. The van der Waals surface area contributed by atoms with Gasteiger partial charge in [0.2, 0.25) is 0 Å². The molecule has 0 amide bonds. The van der Waals surface area contributed by atoms with Crippen LogP contribution >= 0.6 is 0 Å². The van der Waals surface area contributed by atoms with E-state index in [9.17, 15) is 4.79 Å². The number of aldehydes is 1. The molecule has 1 saturated heterocycles. The summed E-state index contributed by atoms with van der Waals surface area (Å²) >= 11 is 0. The second kappa shape index (κ2) is 4.60. The first-order valence-corrected chi connectivity index (χ1v) is 5.79. The molecule has 1 aliphatic rings. The first kappa shape index (κ1) is 11.0. The fourth-order valence-corrected chi connectivity index (χ4v) is 1.94. The number of anilines is 1. The van der Waals surface area contributed by atoms with E-state index in [1.807, 2.05) is 0 Å². The third-order valence-electron chi connectivity index (χ3n) is 2.86. The summed E-state index contributed by atoms with van der Waals surface area (Å²) in [6, 6.07) is 0. The number of hydrogen-bond acceptors (Lipinski definition) is 4. The second-order valence-electron chi connectivity index (χ2n) is 4.47. The number of carbonyl (C=O) groups is 1. The number of aromatic nitrogens is 2. The van der Waals surface area contributed by atoms with Crippen molar-refractivity contribution >= 4 is 12.1 Å². The molecule has 4 nitrogen and oxygen atoms in total. The Morgan fingerprint density at radius 1 is 1.38 bits per heavy atom. The molecule has 1 aliphatic heterocycles. The molecule has 2 rings (SSSR count). The van der Waals surface area contributed by atoms with E-state index in [-0.39, 0.29) is 0 Å². The fraction of sp³-hybridized carbons (Fsp3) is 0.583. The zero-order valence-electron chi connectivity index (χ0n) is 9.81. The molecule has 0 N–H and O–H groups in total. The lowest BCUT2D eigenvalue weighted by atomic mass is 10.2. The van der Waals surface area contributed by atoms with Crippen LogP contribution < -0.4 is 4.90 Å². The highest BCUT2D eigenvalue weighted by molar-refractivity contribution is 5.82. The molecule has 0 saturated carbocycles. The lowest BCUT2D eigenvalue weighted by Gasteiger charge is -2.19. The van der Waals surface area contributed by atoms with Gasteiger partial charge < -0.3 is 4.90 Å². The molecule has 2 heterocycles. The van der Waals surface area contributed by atoms with Crippen LogP contribution in [0.15, 0.2) is 6.20 Å². The number of hydrogen-bond donors (Lipinski definition) is 0. The molecule has 4 heteroatoms. The van der Waals surface area contributed by atoms with Crippen LogP contribution in [0, 0.1) is 0 Å². The van der Waals surface area contributed by atoms with Gasteiger partial charge in [-0.15, -0.1) is 0 Å². The topological polar surface area (TPSA) is 46.1 Å². The van der Waals surface area contributed by atoms with Gasteiger partial charge in [-0.2, -0.15) is 0 Å². The Kier molecular flexibility index (Phi) is 3.17. The minimum Gasteiger partial charge on any atom is -0.356 e. The van der Waals surface area contributed by atoms with E-state index in [0.29, 0.717) is 11.5 Å². The van der Waals surface area contributed by atoms with Gasteiger partial charge in [-0.05, 0) is 12.8 Å².